The van der Waals surface area contributed by atoms with Crippen molar-refractivity contribution < 1.29 is 35.5 Å². The maximum absolute atomic E-state index is 2.39. The molecule has 0 aliphatic heterocycles. The first-order valence-corrected chi connectivity index (χ1v) is 10.6. The summed E-state index contributed by atoms with van der Waals surface area (Å²) in [6, 6.07) is 0. The van der Waals surface area contributed by atoms with E-state index in [1.807, 2.05) is 0 Å². The molecule has 1 heteroatoms. The van der Waals surface area contributed by atoms with Gasteiger partial charge in [-0.25, -0.2) is 0 Å². The van der Waals surface area contributed by atoms with E-state index in [4.69, 9.17) is 0 Å². The van der Waals surface area contributed by atoms with E-state index in [9.17, 15) is 0 Å². The minimum atomic E-state index is -1.82. The molecule has 0 aromatic heterocycles. The Labute approximate surface area is 111 Å². The van der Waals surface area contributed by atoms with Crippen LogP contribution in [0.2, 0.25) is 0 Å². The van der Waals surface area contributed by atoms with Gasteiger partial charge in [0.15, 0.2) is 0 Å². The molecule has 0 fully saturated rings. The number of hydrogen-bond acceptors (Lipinski definition) is 0. The van der Waals surface area contributed by atoms with Crippen molar-refractivity contribution in [3.05, 3.63) is 58.0 Å². The summed E-state index contributed by atoms with van der Waals surface area (Å²) in [5.74, 6) is 0. The van der Waals surface area contributed by atoms with Gasteiger partial charge in [-0.2, -0.15) is 0 Å². The van der Waals surface area contributed by atoms with Crippen LogP contribution in [0.3, 0.4) is 0 Å². The first-order valence-electron chi connectivity index (χ1n) is 5.90. The van der Waals surface area contributed by atoms with Crippen molar-refractivity contribution in [2.75, 3.05) is 0 Å². The third-order valence-corrected chi connectivity index (χ3v) is 12.8. The van der Waals surface area contributed by atoms with Gasteiger partial charge in [0.25, 0.3) is 0 Å². The van der Waals surface area contributed by atoms with Gasteiger partial charge >= 0.3 is 113 Å². The molecule has 16 heavy (non-hydrogen) atoms. The monoisotopic (exact) mass is 335 g/mol. The molecule has 79 valence electrons. The normalized spacial score (nSPS) is 21.4. The number of hydrogen-bond donors (Lipinski definition) is 0. The van der Waals surface area contributed by atoms with E-state index in [-0.39, 0.29) is 0 Å². The summed E-state index contributed by atoms with van der Waals surface area (Å²) in [5.41, 5.74) is 0. The van der Waals surface area contributed by atoms with Crippen LogP contribution in [-0.2, 0) is 0 Å². The first-order chi connectivity index (χ1) is 7.95. The molecule has 0 atom stereocenters. The quantitative estimate of drug-likeness (QED) is 0.727. The molecular formula is C15H15Ce. The number of rotatable bonds is 3. The van der Waals surface area contributed by atoms with E-state index < -0.39 is 35.5 Å². The Morgan fingerprint density at radius 1 is 0.625 bits per heavy atom. The van der Waals surface area contributed by atoms with Crippen LogP contribution in [0, 0.1) is 35.5 Å². The maximum atomic E-state index is 2.39. The van der Waals surface area contributed by atoms with Gasteiger partial charge in [-0.15, -0.1) is 0 Å². The van der Waals surface area contributed by atoms with Crippen molar-refractivity contribution in [1.29, 1.82) is 0 Å². The zero-order valence-electron chi connectivity index (χ0n) is 9.32. The van der Waals surface area contributed by atoms with Crippen LogP contribution in [0.25, 0.3) is 0 Å². The van der Waals surface area contributed by atoms with E-state index in [0.717, 1.165) is 0 Å². The molecule has 0 aromatic rings. The second-order valence-corrected chi connectivity index (χ2v) is 12.8. The van der Waals surface area contributed by atoms with Crippen molar-refractivity contribution >= 4 is 0 Å². The van der Waals surface area contributed by atoms with Crippen molar-refractivity contribution in [1.82, 2.24) is 0 Å². The van der Waals surface area contributed by atoms with Gasteiger partial charge < -0.3 is 0 Å². The summed E-state index contributed by atoms with van der Waals surface area (Å²) in [7, 11) is 0. The van der Waals surface area contributed by atoms with Gasteiger partial charge in [-0.1, -0.05) is 0 Å². The van der Waals surface area contributed by atoms with Gasteiger partial charge in [0.1, 0.15) is 0 Å². The summed E-state index contributed by atoms with van der Waals surface area (Å²) in [6.45, 7) is 0. The predicted octanol–water partition coefficient (Wildman–Crippen LogP) is 4.14. The Kier molecular flexibility index (Phi) is 3.41. The molecule has 0 bridgehead atoms. The molecule has 0 spiro atoms. The summed E-state index contributed by atoms with van der Waals surface area (Å²) in [4.78, 5) is 0. The third-order valence-electron chi connectivity index (χ3n) is 3.28. The molecular weight excluding hydrogens is 320 g/mol. The Bertz CT molecular complexity index is 398. The SMILES string of the molecule is C1=CC[C]([Ce]([C]2=CC=CC2)[C]2=CC=CC2)=C1. The summed E-state index contributed by atoms with van der Waals surface area (Å²) < 4.78 is 5.32. The molecule has 0 aromatic carbocycles. The third kappa shape index (κ3) is 2.11. The predicted molar refractivity (Wildman–Crippen MR) is 65.5 cm³/mol. The Balaban J connectivity index is 1.89. The molecule has 3 aliphatic carbocycles. The summed E-state index contributed by atoms with van der Waals surface area (Å²) in [5, 5.41) is 0. The zero-order chi connectivity index (χ0) is 10.8. The van der Waals surface area contributed by atoms with Crippen LogP contribution in [0.4, 0.5) is 0 Å². The van der Waals surface area contributed by atoms with Gasteiger partial charge in [0.2, 0.25) is 0 Å². The summed E-state index contributed by atoms with van der Waals surface area (Å²) >= 11 is -1.82. The van der Waals surface area contributed by atoms with Gasteiger partial charge in [-0.3, -0.25) is 0 Å². The van der Waals surface area contributed by atoms with Crippen molar-refractivity contribution in [2.45, 2.75) is 19.3 Å². The fraction of sp³-hybridized carbons (Fsp3) is 0.200. The molecule has 0 heterocycles. The number of allylic oxidation sites excluding steroid dienone is 12. The standard InChI is InChI=1S/3C5H5.Ce/c3*1-2-4-5-3-1;/h3*1-3H,4H2;. The van der Waals surface area contributed by atoms with E-state index >= 15 is 0 Å². The molecule has 0 saturated carbocycles. The first kappa shape index (κ1) is 10.9. The van der Waals surface area contributed by atoms with Crippen molar-refractivity contribution in [3.8, 4) is 0 Å². The second-order valence-electron chi connectivity index (χ2n) is 4.35. The van der Waals surface area contributed by atoms with Gasteiger partial charge in [-0.05, 0) is 0 Å². The fourth-order valence-corrected chi connectivity index (χ4v) is 11.9. The molecule has 0 radical (unpaired) electrons. The average Bonchev–Trinajstić information content (AvgIpc) is 3.02. The zero-order valence-corrected chi connectivity index (χ0v) is 12.5. The van der Waals surface area contributed by atoms with Crippen LogP contribution < -0.4 is 0 Å². The molecule has 0 saturated heterocycles. The second kappa shape index (κ2) is 4.99. The topological polar surface area (TPSA) is 0 Å². The van der Waals surface area contributed by atoms with Crippen LogP contribution in [-0.4, -0.2) is 0 Å². The van der Waals surface area contributed by atoms with Crippen LogP contribution in [0.5, 0.6) is 0 Å². The van der Waals surface area contributed by atoms with Gasteiger partial charge in [0.05, 0.1) is 0 Å². The van der Waals surface area contributed by atoms with E-state index in [2.05, 4.69) is 54.7 Å². The molecule has 0 amide bonds. The summed E-state index contributed by atoms with van der Waals surface area (Å²) in [6.07, 6.45) is 24.5. The van der Waals surface area contributed by atoms with E-state index in [1.165, 1.54) is 19.3 Å². The average molecular weight is 335 g/mol. The van der Waals surface area contributed by atoms with Gasteiger partial charge in [0, 0.05) is 0 Å². The molecule has 0 unspecified atom stereocenters. The minimum absolute atomic E-state index is 1.22. The molecule has 3 aliphatic rings. The van der Waals surface area contributed by atoms with Crippen molar-refractivity contribution in [2.24, 2.45) is 0 Å². The Hall–Kier alpha value is -0.183. The molecule has 0 N–H and O–H groups in total. The molecule has 3 rings (SSSR count). The van der Waals surface area contributed by atoms with Crippen LogP contribution in [0.1, 0.15) is 19.3 Å². The van der Waals surface area contributed by atoms with Crippen LogP contribution in [0.15, 0.2) is 58.0 Å². The van der Waals surface area contributed by atoms with E-state index in [1.54, 1.807) is 3.27 Å². The fourth-order valence-electron chi connectivity index (χ4n) is 2.52. The van der Waals surface area contributed by atoms with Crippen molar-refractivity contribution in [3.63, 3.8) is 0 Å². The Morgan fingerprint density at radius 2 is 1.00 bits per heavy atom. The Morgan fingerprint density at radius 3 is 1.25 bits per heavy atom. The van der Waals surface area contributed by atoms with Crippen LogP contribution >= 0.6 is 0 Å². The van der Waals surface area contributed by atoms with E-state index in [0.29, 0.717) is 0 Å². The molecule has 0 nitrogen and oxygen atoms in total.